The van der Waals surface area contributed by atoms with Gasteiger partial charge >= 0.3 is 0 Å². The Balaban J connectivity index is 1.84. The molecule has 3 nitrogen and oxygen atoms in total. The molecule has 1 unspecified atom stereocenters. The number of anilines is 1. The zero-order valence-corrected chi connectivity index (χ0v) is 13.6. The average Bonchev–Trinajstić information content (AvgIpc) is 2.57. The van der Waals surface area contributed by atoms with Crippen LogP contribution in [-0.4, -0.2) is 22.1 Å². The molecule has 0 aromatic heterocycles. The molecule has 0 heterocycles. The molecule has 0 aliphatic heterocycles. The van der Waals surface area contributed by atoms with Crippen LogP contribution >= 0.6 is 0 Å². The zero-order chi connectivity index (χ0) is 15.4. The molecule has 3 rings (SSSR count). The van der Waals surface area contributed by atoms with Crippen LogP contribution in [0.1, 0.15) is 76.0 Å². The van der Waals surface area contributed by atoms with Gasteiger partial charge < -0.3 is 10.8 Å². The van der Waals surface area contributed by atoms with Crippen molar-refractivity contribution in [1.29, 1.82) is 0 Å². The van der Waals surface area contributed by atoms with Crippen molar-refractivity contribution in [2.75, 3.05) is 5.73 Å². The van der Waals surface area contributed by atoms with Gasteiger partial charge in [0.2, 0.25) is 0 Å². The fraction of sp³-hybridized carbons (Fsp3) is 0.684. The molecule has 0 radical (unpaired) electrons. The van der Waals surface area contributed by atoms with Gasteiger partial charge in [-0.1, -0.05) is 56.7 Å². The normalized spacial score (nSPS) is 22.8. The maximum absolute atomic E-state index is 11.1. The van der Waals surface area contributed by atoms with Gasteiger partial charge in [0.15, 0.2) is 0 Å². The van der Waals surface area contributed by atoms with E-state index >= 15 is 0 Å². The van der Waals surface area contributed by atoms with Crippen LogP contribution < -0.4 is 5.73 Å². The maximum Gasteiger partial charge on any atom is 0.136 e. The van der Waals surface area contributed by atoms with Crippen LogP contribution in [-0.2, 0) is 0 Å². The van der Waals surface area contributed by atoms with E-state index in [0.29, 0.717) is 17.8 Å². The predicted octanol–water partition coefficient (Wildman–Crippen LogP) is 4.23. The molecule has 2 aliphatic rings. The zero-order valence-electron chi connectivity index (χ0n) is 13.6. The van der Waals surface area contributed by atoms with E-state index in [1.165, 1.54) is 64.2 Å². The van der Waals surface area contributed by atoms with Crippen molar-refractivity contribution in [1.82, 2.24) is 4.90 Å². The monoisotopic (exact) mass is 302 g/mol. The highest BCUT2D eigenvalue weighted by Gasteiger charge is 2.34. The van der Waals surface area contributed by atoms with Gasteiger partial charge in [-0.25, -0.2) is 0 Å². The molecule has 0 amide bonds. The Hall–Kier alpha value is -1.06. The number of nitrogens with two attached hydrogens (primary N) is 1. The minimum Gasteiger partial charge on any atom is -0.398 e. The number of hydrogen-bond acceptors (Lipinski definition) is 3. The van der Waals surface area contributed by atoms with Gasteiger partial charge in [0.05, 0.1) is 0 Å². The molecule has 0 bridgehead atoms. The molecule has 1 aromatic carbocycles. The fourth-order valence-corrected chi connectivity index (χ4v) is 4.36. The van der Waals surface area contributed by atoms with Crippen LogP contribution in [0.5, 0.6) is 0 Å². The van der Waals surface area contributed by atoms with Gasteiger partial charge in [-0.05, 0) is 31.7 Å². The highest BCUT2D eigenvalue weighted by atomic mass is 16.3. The Bertz CT molecular complexity index is 446. The Kier molecular flexibility index (Phi) is 5.37. The van der Waals surface area contributed by atoms with Crippen LogP contribution in [0.4, 0.5) is 5.69 Å². The van der Waals surface area contributed by atoms with E-state index in [9.17, 15) is 5.11 Å². The Labute approximate surface area is 134 Å². The standard InChI is InChI=1S/C19H30N2O/c20-18-14-8-7-13-17(18)19(22)21(15-9-3-1-4-10-15)16-11-5-2-6-12-16/h7-8,13-16,19,22H,1-6,9-12,20H2. The number of rotatable bonds is 4. The smallest absolute Gasteiger partial charge is 0.136 e. The van der Waals surface area contributed by atoms with Crippen molar-refractivity contribution in [2.24, 2.45) is 0 Å². The first-order chi connectivity index (χ1) is 10.8. The average molecular weight is 302 g/mol. The summed E-state index contributed by atoms with van der Waals surface area (Å²) in [5.41, 5.74) is 7.73. The lowest BCUT2D eigenvalue weighted by Crippen LogP contribution is -2.47. The van der Waals surface area contributed by atoms with Crippen molar-refractivity contribution in [3.05, 3.63) is 29.8 Å². The first-order valence-electron chi connectivity index (χ1n) is 9.07. The molecule has 3 heteroatoms. The van der Waals surface area contributed by atoms with Gasteiger partial charge in [-0.3, -0.25) is 4.90 Å². The molecular weight excluding hydrogens is 272 g/mol. The number of para-hydroxylation sites is 1. The van der Waals surface area contributed by atoms with Gasteiger partial charge in [-0.15, -0.1) is 0 Å². The quantitative estimate of drug-likeness (QED) is 0.646. The molecule has 0 saturated heterocycles. The summed E-state index contributed by atoms with van der Waals surface area (Å²) in [7, 11) is 0. The third kappa shape index (κ3) is 3.47. The molecule has 2 aliphatic carbocycles. The van der Waals surface area contributed by atoms with Crippen molar-refractivity contribution < 1.29 is 5.11 Å². The van der Waals surface area contributed by atoms with Crippen molar-refractivity contribution in [2.45, 2.75) is 82.5 Å². The highest BCUT2D eigenvalue weighted by Crippen LogP contribution is 2.36. The molecule has 3 N–H and O–H groups in total. The Morgan fingerprint density at radius 2 is 1.36 bits per heavy atom. The topological polar surface area (TPSA) is 49.5 Å². The van der Waals surface area contributed by atoms with E-state index < -0.39 is 6.23 Å². The summed E-state index contributed by atoms with van der Waals surface area (Å²) in [6, 6.07) is 8.85. The van der Waals surface area contributed by atoms with Crippen molar-refractivity contribution in [3.8, 4) is 0 Å². The van der Waals surface area contributed by atoms with Gasteiger partial charge in [0.25, 0.3) is 0 Å². The van der Waals surface area contributed by atoms with Gasteiger partial charge in [0.1, 0.15) is 6.23 Å². The van der Waals surface area contributed by atoms with E-state index in [-0.39, 0.29) is 0 Å². The van der Waals surface area contributed by atoms with Crippen LogP contribution in [0.2, 0.25) is 0 Å². The molecule has 0 spiro atoms. The molecule has 2 saturated carbocycles. The first-order valence-corrected chi connectivity index (χ1v) is 9.07. The largest absolute Gasteiger partial charge is 0.398 e. The molecule has 22 heavy (non-hydrogen) atoms. The molecule has 1 aromatic rings. The lowest BCUT2D eigenvalue weighted by Gasteiger charge is -2.44. The van der Waals surface area contributed by atoms with E-state index in [1.807, 2.05) is 24.3 Å². The van der Waals surface area contributed by atoms with E-state index in [4.69, 9.17) is 5.73 Å². The molecular formula is C19H30N2O. The fourth-order valence-electron chi connectivity index (χ4n) is 4.36. The van der Waals surface area contributed by atoms with Crippen LogP contribution in [0.15, 0.2) is 24.3 Å². The second-order valence-corrected chi connectivity index (χ2v) is 7.03. The second-order valence-electron chi connectivity index (χ2n) is 7.03. The number of benzene rings is 1. The highest BCUT2D eigenvalue weighted by molar-refractivity contribution is 5.47. The molecule has 1 atom stereocenters. The predicted molar refractivity (Wildman–Crippen MR) is 91.4 cm³/mol. The van der Waals surface area contributed by atoms with Crippen LogP contribution in [0.3, 0.4) is 0 Å². The van der Waals surface area contributed by atoms with Gasteiger partial charge in [-0.2, -0.15) is 0 Å². The SMILES string of the molecule is Nc1ccccc1C(O)N(C1CCCCC1)C1CCCCC1. The maximum atomic E-state index is 11.1. The van der Waals surface area contributed by atoms with Crippen LogP contribution in [0.25, 0.3) is 0 Å². The number of nitrogens with zero attached hydrogens (tertiary/aromatic N) is 1. The van der Waals surface area contributed by atoms with E-state index in [1.54, 1.807) is 0 Å². The Morgan fingerprint density at radius 1 is 0.864 bits per heavy atom. The van der Waals surface area contributed by atoms with E-state index in [2.05, 4.69) is 4.90 Å². The van der Waals surface area contributed by atoms with Gasteiger partial charge in [0, 0.05) is 23.3 Å². The number of nitrogen functional groups attached to an aromatic ring is 1. The third-order valence-corrected chi connectivity index (χ3v) is 5.55. The number of hydrogen-bond donors (Lipinski definition) is 2. The van der Waals surface area contributed by atoms with Crippen molar-refractivity contribution >= 4 is 5.69 Å². The molecule has 2 fully saturated rings. The summed E-state index contributed by atoms with van der Waals surface area (Å²) in [5.74, 6) is 0. The summed E-state index contributed by atoms with van der Waals surface area (Å²) < 4.78 is 0. The third-order valence-electron chi connectivity index (χ3n) is 5.55. The first kappa shape index (κ1) is 15.8. The summed E-state index contributed by atoms with van der Waals surface area (Å²) in [5, 5.41) is 11.1. The second kappa shape index (κ2) is 7.47. The van der Waals surface area contributed by atoms with Crippen molar-refractivity contribution in [3.63, 3.8) is 0 Å². The summed E-state index contributed by atoms with van der Waals surface area (Å²) in [6.07, 6.45) is 12.2. The van der Waals surface area contributed by atoms with Crippen LogP contribution in [0, 0.1) is 0 Å². The lowest BCUT2D eigenvalue weighted by molar-refractivity contribution is -0.0734. The lowest BCUT2D eigenvalue weighted by atomic mass is 9.87. The summed E-state index contributed by atoms with van der Waals surface area (Å²) in [4.78, 5) is 2.42. The van der Waals surface area contributed by atoms with E-state index in [0.717, 1.165) is 5.56 Å². The summed E-state index contributed by atoms with van der Waals surface area (Å²) in [6.45, 7) is 0. The minimum atomic E-state index is -0.549. The number of aliphatic hydroxyl groups excluding tert-OH is 1. The molecule has 122 valence electrons. The number of aliphatic hydroxyl groups is 1. The minimum absolute atomic E-state index is 0.520. The Morgan fingerprint density at radius 3 is 1.86 bits per heavy atom. The summed E-state index contributed by atoms with van der Waals surface area (Å²) >= 11 is 0.